The average molecular weight is 230 g/mol. The van der Waals surface area contributed by atoms with Gasteiger partial charge in [-0.1, -0.05) is 6.42 Å². The highest BCUT2D eigenvalue weighted by Crippen LogP contribution is 2.28. The van der Waals surface area contributed by atoms with Gasteiger partial charge in [0, 0.05) is 12.2 Å². The summed E-state index contributed by atoms with van der Waals surface area (Å²) >= 11 is 0. The lowest BCUT2D eigenvalue weighted by Crippen LogP contribution is -2.34. The molecule has 0 spiro atoms. The van der Waals surface area contributed by atoms with Crippen LogP contribution in [0.15, 0.2) is 18.3 Å². The molecule has 0 radical (unpaired) electrons. The fourth-order valence-electron chi connectivity index (χ4n) is 2.26. The maximum atomic E-state index is 11.3. The second-order valence-electron chi connectivity index (χ2n) is 4.20. The summed E-state index contributed by atoms with van der Waals surface area (Å²) in [4.78, 5) is 15.4. The number of nitriles is 1. The average Bonchev–Trinajstić information content (AvgIpc) is 2.78. The first-order valence-corrected chi connectivity index (χ1v) is 5.63. The van der Waals surface area contributed by atoms with Gasteiger partial charge < -0.3 is 11.1 Å². The molecule has 1 saturated carbocycles. The first kappa shape index (κ1) is 11.4. The topological polar surface area (TPSA) is 91.8 Å². The van der Waals surface area contributed by atoms with E-state index in [1.54, 1.807) is 18.3 Å². The van der Waals surface area contributed by atoms with Crippen molar-refractivity contribution in [2.45, 2.75) is 25.3 Å². The van der Waals surface area contributed by atoms with Crippen molar-refractivity contribution in [2.24, 2.45) is 11.7 Å². The zero-order valence-electron chi connectivity index (χ0n) is 9.39. The Morgan fingerprint density at radius 3 is 3.12 bits per heavy atom. The van der Waals surface area contributed by atoms with E-state index in [4.69, 9.17) is 11.0 Å². The molecule has 1 aromatic heterocycles. The van der Waals surface area contributed by atoms with Crippen LogP contribution in [0.3, 0.4) is 0 Å². The highest BCUT2D eigenvalue weighted by molar-refractivity contribution is 5.78. The largest absolute Gasteiger partial charge is 0.369 e. The van der Waals surface area contributed by atoms with Gasteiger partial charge >= 0.3 is 0 Å². The quantitative estimate of drug-likeness (QED) is 0.810. The summed E-state index contributed by atoms with van der Waals surface area (Å²) < 4.78 is 0. The highest BCUT2D eigenvalue weighted by atomic mass is 16.1. The summed E-state index contributed by atoms with van der Waals surface area (Å²) in [5.41, 5.74) is 5.84. The molecule has 1 aliphatic rings. The van der Waals surface area contributed by atoms with E-state index in [1.807, 2.05) is 0 Å². The summed E-state index contributed by atoms with van der Waals surface area (Å²) in [7, 11) is 0. The first-order chi connectivity index (χ1) is 8.22. The number of rotatable bonds is 3. The molecule has 0 bridgehead atoms. The van der Waals surface area contributed by atoms with Gasteiger partial charge in [-0.25, -0.2) is 4.98 Å². The molecular weight excluding hydrogens is 216 g/mol. The predicted octanol–water partition coefficient (Wildman–Crippen LogP) is 1.02. The molecule has 0 saturated heterocycles. The SMILES string of the molecule is N#Cc1cccnc1N[C@@H]1CCC[C@@H]1C(N)=O. The van der Waals surface area contributed by atoms with Crippen LogP contribution < -0.4 is 11.1 Å². The zero-order chi connectivity index (χ0) is 12.3. The van der Waals surface area contributed by atoms with Gasteiger partial charge in [0.1, 0.15) is 11.9 Å². The van der Waals surface area contributed by atoms with Crippen LogP contribution >= 0.6 is 0 Å². The molecule has 1 fully saturated rings. The smallest absolute Gasteiger partial charge is 0.222 e. The minimum absolute atomic E-state index is 0.00509. The zero-order valence-corrected chi connectivity index (χ0v) is 9.39. The Balaban J connectivity index is 2.15. The fraction of sp³-hybridized carbons (Fsp3) is 0.417. The van der Waals surface area contributed by atoms with E-state index in [1.165, 1.54) is 0 Å². The van der Waals surface area contributed by atoms with Crippen LogP contribution in [0.4, 0.5) is 5.82 Å². The maximum absolute atomic E-state index is 11.3. The van der Waals surface area contributed by atoms with E-state index >= 15 is 0 Å². The van der Waals surface area contributed by atoms with Crippen LogP contribution in [-0.4, -0.2) is 16.9 Å². The van der Waals surface area contributed by atoms with Crippen molar-refractivity contribution in [2.75, 3.05) is 5.32 Å². The van der Waals surface area contributed by atoms with Gasteiger partial charge in [-0.3, -0.25) is 4.79 Å². The Morgan fingerprint density at radius 1 is 1.59 bits per heavy atom. The van der Waals surface area contributed by atoms with Crippen molar-refractivity contribution >= 4 is 11.7 Å². The van der Waals surface area contributed by atoms with Crippen LogP contribution in [0.25, 0.3) is 0 Å². The number of carbonyl (C=O) groups excluding carboxylic acids is 1. The van der Waals surface area contributed by atoms with Crippen molar-refractivity contribution in [3.05, 3.63) is 23.9 Å². The van der Waals surface area contributed by atoms with Gasteiger partial charge in [-0.15, -0.1) is 0 Å². The number of nitrogens with zero attached hydrogens (tertiary/aromatic N) is 2. The molecule has 1 aromatic rings. The van der Waals surface area contributed by atoms with E-state index in [9.17, 15) is 4.79 Å². The number of pyridine rings is 1. The van der Waals surface area contributed by atoms with Gasteiger partial charge in [-0.2, -0.15) is 5.26 Å². The summed E-state index contributed by atoms with van der Waals surface area (Å²) in [6.07, 6.45) is 4.29. The van der Waals surface area contributed by atoms with Crippen LogP contribution in [-0.2, 0) is 4.79 Å². The molecular formula is C12H14N4O. The van der Waals surface area contributed by atoms with Crippen LogP contribution in [0.5, 0.6) is 0 Å². The molecule has 5 nitrogen and oxygen atoms in total. The van der Waals surface area contributed by atoms with Gasteiger partial charge in [0.25, 0.3) is 0 Å². The number of carbonyl (C=O) groups is 1. The third kappa shape index (κ3) is 2.36. The fourth-order valence-corrected chi connectivity index (χ4v) is 2.26. The first-order valence-electron chi connectivity index (χ1n) is 5.63. The molecule has 2 rings (SSSR count). The predicted molar refractivity (Wildman–Crippen MR) is 62.9 cm³/mol. The Kier molecular flexibility index (Phi) is 3.24. The van der Waals surface area contributed by atoms with Gasteiger partial charge in [0.05, 0.1) is 11.5 Å². The van der Waals surface area contributed by atoms with E-state index in [0.717, 1.165) is 19.3 Å². The number of nitrogens with two attached hydrogens (primary N) is 1. The van der Waals surface area contributed by atoms with E-state index < -0.39 is 0 Å². The van der Waals surface area contributed by atoms with E-state index in [-0.39, 0.29) is 17.9 Å². The minimum Gasteiger partial charge on any atom is -0.369 e. The lowest BCUT2D eigenvalue weighted by molar-refractivity contribution is -0.121. The number of hydrogen-bond acceptors (Lipinski definition) is 4. The molecule has 1 amide bonds. The molecule has 0 aliphatic heterocycles. The molecule has 88 valence electrons. The van der Waals surface area contributed by atoms with Crippen molar-refractivity contribution in [3.63, 3.8) is 0 Å². The lowest BCUT2D eigenvalue weighted by atomic mass is 10.0. The molecule has 2 atom stereocenters. The molecule has 0 aromatic carbocycles. The van der Waals surface area contributed by atoms with Crippen LogP contribution in [0.2, 0.25) is 0 Å². The summed E-state index contributed by atoms with van der Waals surface area (Å²) in [5, 5.41) is 12.1. The normalized spacial score (nSPS) is 23.0. The molecule has 3 N–H and O–H groups in total. The molecule has 1 heterocycles. The maximum Gasteiger partial charge on any atom is 0.222 e. The molecule has 17 heavy (non-hydrogen) atoms. The number of hydrogen-bond donors (Lipinski definition) is 2. The second-order valence-corrected chi connectivity index (χ2v) is 4.20. The Morgan fingerprint density at radius 2 is 2.41 bits per heavy atom. The molecule has 0 unspecified atom stereocenters. The van der Waals surface area contributed by atoms with Crippen molar-refractivity contribution in [1.82, 2.24) is 4.98 Å². The lowest BCUT2D eigenvalue weighted by Gasteiger charge is -2.19. The van der Waals surface area contributed by atoms with E-state index in [0.29, 0.717) is 11.4 Å². The van der Waals surface area contributed by atoms with E-state index in [2.05, 4.69) is 16.4 Å². The van der Waals surface area contributed by atoms with Crippen LogP contribution in [0.1, 0.15) is 24.8 Å². The summed E-state index contributed by atoms with van der Waals surface area (Å²) in [5.74, 6) is 0.0890. The van der Waals surface area contributed by atoms with Crippen LogP contribution in [0, 0.1) is 17.2 Å². The second kappa shape index (κ2) is 4.83. The number of amides is 1. The minimum atomic E-state index is -0.283. The number of aromatic nitrogens is 1. The molecule has 1 aliphatic carbocycles. The number of primary amides is 1. The Hall–Kier alpha value is -2.09. The summed E-state index contributed by atoms with van der Waals surface area (Å²) in [6.45, 7) is 0. The van der Waals surface area contributed by atoms with Crippen molar-refractivity contribution in [3.8, 4) is 6.07 Å². The Bertz CT molecular complexity index is 466. The van der Waals surface area contributed by atoms with Gasteiger partial charge in [0.15, 0.2) is 0 Å². The number of anilines is 1. The number of nitrogens with one attached hydrogen (secondary N) is 1. The van der Waals surface area contributed by atoms with Gasteiger partial charge in [0.2, 0.25) is 5.91 Å². The van der Waals surface area contributed by atoms with Crippen molar-refractivity contribution in [1.29, 1.82) is 5.26 Å². The van der Waals surface area contributed by atoms with Crippen molar-refractivity contribution < 1.29 is 4.79 Å². The molecule has 5 heteroatoms. The standard InChI is InChI=1S/C12H14N4O/c13-7-8-3-2-6-15-12(8)16-10-5-1-4-9(10)11(14)17/h2-3,6,9-10H,1,4-5H2,(H2,14,17)(H,15,16)/t9-,10+/m0/s1. The third-order valence-electron chi connectivity index (χ3n) is 3.13. The third-order valence-corrected chi connectivity index (χ3v) is 3.13. The van der Waals surface area contributed by atoms with Gasteiger partial charge in [-0.05, 0) is 25.0 Å². The summed E-state index contributed by atoms with van der Waals surface area (Å²) in [6, 6.07) is 5.48. The Labute approximate surface area is 99.6 Å². The monoisotopic (exact) mass is 230 g/mol. The highest BCUT2D eigenvalue weighted by Gasteiger charge is 2.31.